The molecular formula is C12H17N3. The number of aryl methyl sites for hydroxylation is 1. The third kappa shape index (κ3) is 2.02. The summed E-state index contributed by atoms with van der Waals surface area (Å²) in [7, 11) is 1.98. The first kappa shape index (κ1) is 10.2. The van der Waals surface area contributed by atoms with Crippen molar-refractivity contribution in [3.63, 3.8) is 0 Å². The Bertz CT molecular complexity index is 445. The van der Waals surface area contributed by atoms with E-state index in [-0.39, 0.29) is 0 Å². The van der Waals surface area contributed by atoms with Crippen molar-refractivity contribution in [2.45, 2.75) is 19.8 Å². The number of nitrogens with zero attached hydrogens (tertiary/aromatic N) is 2. The summed E-state index contributed by atoms with van der Waals surface area (Å²) in [5, 5.41) is 3.16. The van der Waals surface area contributed by atoms with Gasteiger partial charge in [0.1, 0.15) is 5.82 Å². The Morgan fingerprint density at radius 1 is 1.40 bits per heavy atom. The van der Waals surface area contributed by atoms with Crippen LogP contribution < -0.4 is 5.32 Å². The largest absolute Gasteiger partial charge is 0.319 e. The van der Waals surface area contributed by atoms with Gasteiger partial charge in [0.25, 0.3) is 0 Å². The predicted octanol–water partition coefficient (Wildman–Crippen LogP) is 1.66. The molecule has 15 heavy (non-hydrogen) atoms. The van der Waals surface area contributed by atoms with Gasteiger partial charge < -0.3 is 9.72 Å². The van der Waals surface area contributed by atoms with Crippen LogP contribution in [0.3, 0.4) is 0 Å². The molecule has 0 amide bonds. The first-order valence-corrected chi connectivity index (χ1v) is 5.44. The van der Waals surface area contributed by atoms with Gasteiger partial charge >= 0.3 is 0 Å². The van der Waals surface area contributed by atoms with Crippen molar-refractivity contribution in [1.29, 1.82) is 0 Å². The van der Waals surface area contributed by atoms with E-state index in [1.165, 1.54) is 11.1 Å². The molecule has 0 aliphatic rings. The van der Waals surface area contributed by atoms with Crippen LogP contribution in [0.25, 0.3) is 5.52 Å². The molecule has 80 valence electrons. The Labute approximate surface area is 90.1 Å². The fourth-order valence-electron chi connectivity index (χ4n) is 1.77. The molecule has 3 heteroatoms. The number of pyridine rings is 1. The summed E-state index contributed by atoms with van der Waals surface area (Å²) in [5.41, 5.74) is 2.53. The minimum atomic E-state index is 0.976. The highest BCUT2D eigenvalue weighted by molar-refractivity contribution is 5.47. The number of aromatic nitrogens is 2. The third-order valence-electron chi connectivity index (χ3n) is 2.65. The SMILES string of the molecule is CCc1ncc2ccc(CCNC)cn12. The van der Waals surface area contributed by atoms with Crippen molar-refractivity contribution >= 4 is 5.52 Å². The summed E-state index contributed by atoms with van der Waals surface area (Å²) in [4.78, 5) is 4.38. The summed E-state index contributed by atoms with van der Waals surface area (Å²) in [6.45, 7) is 3.15. The van der Waals surface area contributed by atoms with Crippen LogP contribution >= 0.6 is 0 Å². The summed E-state index contributed by atoms with van der Waals surface area (Å²) in [6.07, 6.45) is 6.16. The first-order chi connectivity index (χ1) is 7.35. The van der Waals surface area contributed by atoms with E-state index in [2.05, 4.69) is 40.0 Å². The molecule has 0 atom stereocenters. The van der Waals surface area contributed by atoms with Crippen molar-refractivity contribution in [3.05, 3.63) is 35.9 Å². The van der Waals surface area contributed by atoms with E-state index in [9.17, 15) is 0 Å². The molecule has 0 radical (unpaired) electrons. The quantitative estimate of drug-likeness (QED) is 0.819. The monoisotopic (exact) mass is 203 g/mol. The Morgan fingerprint density at radius 3 is 3.00 bits per heavy atom. The zero-order valence-electron chi connectivity index (χ0n) is 9.33. The molecule has 0 spiro atoms. The number of rotatable bonds is 4. The van der Waals surface area contributed by atoms with Gasteiger partial charge in [-0.3, -0.25) is 0 Å². The zero-order valence-corrected chi connectivity index (χ0v) is 9.33. The topological polar surface area (TPSA) is 29.3 Å². The smallest absolute Gasteiger partial charge is 0.112 e. The highest BCUT2D eigenvalue weighted by Gasteiger charge is 2.01. The lowest BCUT2D eigenvalue weighted by Gasteiger charge is -2.03. The lowest BCUT2D eigenvalue weighted by atomic mass is 10.2. The lowest BCUT2D eigenvalue weighted by Crippen LogP contribution is -2.10. The molecule has 0 aliphatic heterocycles. The number of nitrogens with one attached hydrogen (secondary N) is 1. The van der Waals surface area contributed by atoms with E-state index in [1.807, 2.05) is 13.2 Å². The van der Waals surface area contributed by atoms with Crippen molar-refractivity contribution in [2.75, 3.05) is 13.6 Å². The second-order valence-corrected chi connectivity index (χ2v) is 3.71. The van der Waals surface area contributed by atoms with Gasteiger partial charge in [0.05, 0.1) is 11.7 Å². The maximum atomic E-state index is 4.38. The molecule has 2 heterocycles. The molecule has 3 nitrogen and oxygen atoms in total. The lowest BCUT2D eigenvalue weighted by molar-refractivity contribution is 0.786. The molecule has 0 aliphatic carbocycles. The number of imidazole rings is 1. The van der Waals surface area contributed by atoms with Gasteiger partial charge in [-0.25, -0.2) is 4.98 Å². The summed E-state index contributed by atoms with van der Waals surface area (Å²) < 4.78 is 2.19. The van der Waals surface area contributed by atoms with Gasteiger partial charge in [-0.1, -0.05) is 13.0 Å². The van der Waals surface area contributed by atoms with Crippen LogP contribution in [0.2, 0.25) is 0 Å². The van der Waals surface area contributed by atoms with Gasteiger partial charge in [0.2, 0.25) is 0 Å². The minimum absolute atomic E-state index is 0.976. The average molecular weight is 203 g/mol. The molecule has 0 fully saturated rings. The zero-order chi connectivity index (χ0) is 10.7. The molecule has 0 saturated carbocycles. The molecule has 1 N–H and O–H groups in total. The summed E-state index contributed by atoms with van der Waals surface area (Å²) in [5.74, 6) is 1.14. The maximum absolute atomic E-state index is 4.38. The van der Waals surface area contributed by atoms with Crippen LogP contribution in [-0.4, -0.2) is 23.0 Å². The van der Waals surface area contributed by atoms with Gasteiger partial charge in [-0.05, 0) is 31.6 Å². The molecule has 0 aromatic carbocycles. The first-order valence-electron chi connectivity index (χ1n) is 5.44. The van der Waals surface area contributed by atoms with E-state index in [0.29, 0.717) is 0 Å². The van der Waals surface area contributed by atoms with E-state index in [0.717, 1.165) is 25.2 Å². The van der Waals surface area contributed by atoms with E-state index in [4.69, 9.17) is 0 Å². The third-order valence-corrected chi connectivity index (χ3v) is 2.65. The fraction of sp³-hybridized carbons (Fsp3) is 0.417. The number of hydrogen-bond donors (Lipinski definition) is 1. The van der Waals surface area contributed by atoms with Gasteiger partial charge in [0, 0.05) is 12.6 Å². The van der Waals surface area contributed by atoms with Crippen molar-refractivity contribution in [1.82, 2.24) is 14.7 Å². The normalized spacial score (nSPS) is 11.1. The van der Waals surface area contributed by atoms with Gasteiger partial charge in [-0.15, -0.1) is 0 Å². The molecule has 0 bridgehead atoms. The minimum Gasteiger partial charge on any atom is -0.319 e. The van der Waals surface area contributed by atoms with E-state index in [1.54, 1.807) is 0 Å². The molecule has 2 aromatic heterocycles. The Kier molecular flexibility index (Phi) is 3.02. The van der Waals surface area contributed by atoms with Crippen molar-refractivity contribution in [2.24, 2.45) is 0 Å². The second-order valence-electron chi connectivity index (χ2n) is 3.71. The van der Waals surface area contributed by atoms with Crippen molar-refractivity contribution < 1.29 is 0 Å². The summed E-state index contributed by atoms with van der Waals surface area (Å²) in [6, 6.07) is 4.31. The molecule has 2 rings (SSSR count). The van der Waals surface area contributed by atoms with Crippen molar-refractivity contribution in [3.8, 4) is 0 Å². The van der Waals surface area contributed by atoms with Crippen LogP contribution in [0.5, 0.6) is 0 Å². The Hall–Kier alpha value is -1.35. The Morgan fingerprint density at radius 2 is 2.27 bits per heavy atom. The molecular weight excluding hydrogens is 186 g/mol. The Balaban J connectivity index is 2.35. The highest BCUT2D eigenvalue weighted by Crippen LogP contribution is 2.10. The van der Waals surface area contributed by atoms with Gasteiger partial charge in [-0.2, -0.15) is 0 Å². The van der Waals surface area contributed by atoms with Crippen LogP contribution in [-0.2, 0) is 12.8 Å². The van der Waals surface area contributed by atoms with Crippen LogP contribution in [0, 0.1) is 0 Å². The predicted molar refractivity (Wildman–Crippen MR) is 62.2 cm³/mol. The van der Waals surface area contributed by atoms with Gasteiger partial charge in [0.15, 0.2) is 0 Å². The van der Waals surface area contributed by atoms with E-state index < -0.39 is 0 Å². The second kappa shape index (κ2) is 4.45. The highest BCUT2D eigenvalue weighted by atomic mass is 15.0. The average Bonchev–Trinajstić information content (AvgIpc) is 2.68. The fourth-order valence-corrected chi connectivity index (χ4v) is 1.77. The standard InChI is InChI=1S/C12H17N3/c1-3-12-14-8-11-5-4-10(6-7-13-2)9-15(11)12/h4-5,8-9,13H,3,6-7H2,1-2H3. The van der Waals surface area contributed by atoms with Crippen LogP contribution in [0.4, 0.5) is 0 Å². The molecule has 0 unspecified atom stereocenters. The molecule has 2 aromatic rings. The van der Waals surface area contributed by atoms with E-state index >= 15 is 0 Å². The number of likely N-dealkylation sites (N-methyl/N-ethyl adjacent to an activating group) is 1. The van der Waals surface area contributed by atoms with Crippen LogP contribution in [0.15, 0.2) is 24.5 Å². The number of hydrogen-bond acceptors (Lipinski definition) is 2. The molecule has 0 saturated heterocycles. The van der Waals surface area contributed by atoms with Crippen LogP contribution in [0.1, 0.15) is 18.3 Å². The maximum Gasteiger partial charge on any atom is 0.112 e. The summed E-state index contributed by atoms with van der Waals surface area (Å²) >= 11 is 0. The number of fused-ring (bicyclic) bond motifs is 1.